The Morgan fingerprint density at radius 1 is 0.951 bits per heavy atom. The van der Waals surface area contributed by atoms with E-state index in [9.17, 15) is 5.11 Å². The molecule has 6 aliphatic rings. The van der Waals surface area contributed by atoms with Crippen molar-refractivity contribution in [2.45, 2.75) is 134 Å². The van der Waals surface area contributed by atoms with Crippen LogP contribution >= 0.6 is 0 Å². The van der Waals surface area contributed by atoms with E-state index < -0.39 is 0 Å². The summed E-state index contributed by atoms with van der Waals surface area (Å²) in [7, 11) is 0. The highest BCUT2D eigenvalue weighted by Crippen LogP contribution is 2.64. The van der Waals surface area contributed by atoms with Gasteiger partial charge in [0.05, 0.1) is 25.9 Å². The lowest BCUT2D eigenvalue weighted by molar-refractivity contribution is -0.210. The number of aliphatic hydroxyl groups is 1. The molecular formula is C36H55NO4. The molecule has 5 nitrogen and oxygen atoms in total. The molecule has 0 amide bonds. The lowest BCUT2D eigenvalue weighted by Crippen LogP contribution is -2.52. The number of nitrogens with one attached hydrogen (secondary N) is 1. The number of hydrogen-bond acceptors (Lipinski definition) is 5. The molecule has 1 heterocycles. The van der Waals surface area contributed by atoms with Crippen molar-refractivity contribution in [2.75, 3.05) is 19.8 Å². The maximum absolute atomic E-state index is 11.4. The Hall–Kier alpha value is -1.14. The lowest BCUT2D eigenvalue weighted by Gasteiger charge is -2.57. The quantitative estimate of drug-likeness (QED) is 0.336. The molecule has 1 aromatic rings. The molecule has 5 aliphatic carbocycles. The second kappa shape index (κ2) is 12.1. The minimum absolute atomic E-state index is 0.0533. The van der Waals surface area contributed by atoms with Gasteiger partial charge in [-0.3, -0.25) is 0 Å². The molecule has 1 aromatic carbocycles. The Kier molecular flexibility index (Phi) is 8.44. The van der Waals surface area contributed by atoms with Crippen LogP contribution in [0.2, 0.25) is 0 Å². The first-order chi connectivity index (χ1) is 20.1. The largest absolute Gasteiger partial charge is 0.494 e. The summed E-state index contributed by atoms with van der Waals surface area (Å²) in [4.78, 5) is 0. The van der Waals surface area contributed by atoms with E-state index in [1.807, 2.05) is 0 Å². The third-order valence-corrected chi connectivity index (χ3v) is 13.0. The highest BCUT2D eigenvalue weighted by molar-refractivity contribution is 5.29. The summed E-state index contributed by atoms with van der Waals surface area (Å²) in [6.45, 7) is 4.57. The number of aliphatic hydroxyl groups excluding tert-OH is 1. The summed E-state index contributed by atoms with van der Waals surface area (Å²) in [5.41, 5.74) is 1.43. The van der Waals surface area contributed by atoms with Crippen LogP contribution in [0.1, 0.15) is 109 Å². The van der Waals surface area contributed by atoms with Crippen molar-refractivity contribution in [3.05, 3.63) is 29.8 Å². The third-order valence-electron chi connectivity index (χ3n) is 13.0. The van der Waals surface area contributed by atoms with Crippen molar-refractivity contribution < 1.29 is 19.3 Å². The van der Waals surface area contributed by atoms with Crippen LogP contribution in [-0.2, 0) is 15.9 Å². The predicted octanol–water partition coefficient (Wildman–Crippen LogP) is 7.05. The second-order valence-corrected chi connectivity index (χ2v) is 14.9. The number of hydrogen-bond donors (Lipinski definition) is 2. The summed E-state index contributed by atoms with van der Waals surface area (Å²) >= 11 is 0. The Bertz CT molecular complexity index is 1020. The van der Waals surface area contributed by atoms with Crippen molar-refractivity contribution in [1.29, 1.82) is 0 Å². The normalized spacial score (nSPS) is 38.9. The van der Waals surface area contributed by atoms with E-state index in [-0.39, 0.29) is 17.3 Å². The van der Waals surface area contributed by atoms with Gasteiger partial charge in [-0.1, -0.05) is 31.9 Å². The topological polar surface area (TPSA) is 60.0 Å². The molecule has 1 spiro atoms. The molecule has 6 fully saturated rings. The van der Waals surface area contributed by atoms with Crippen LogP contribution in [0.4, 0.5) is 0 Å². The molecule has 0 radical (unpaired) electrons. The Balaban J connectivity index is 0.963. The van der Waals surface area contributed by atoms with Crippen LogP contribution in [0, 0.1) is 35.0 Å². The Morgan fingerprint density at radius 2 is 1.78 bits per heavy atom. The first-order valence-electron chi connectivity index (χ1n) is 17.5. The molecule has 41 heavy (non-hydrogen) atoms. The highest BCUT2D eigenvalue weighted by atomic mass is 16.7. The lowest BCUT2D eigenvalue weighted by atomic mass is 9.49. The van der Waals surface area contributed by atoms with Gasteiger partial charge in [-0.2, -0.15) is 0 Å². The summed E-state index contributed by atoms with van der Waals surface area (Å²) in [6, 6.07) is 10.1. The zero-order chi connectivity index (χ0) is 27.9. The number of fused-ring (bicyclic) bond motifs is 5. The predicted molar refractivity (Wildman–Crippen MR) is 162 cm³/mol. The Labute approximate surface area is 248 Å². The average molecular weight is 566 g/mol. The van der Waals surface area contributed by atoms with Gasteiger partial charge in [0.1, 0.15) is 5.75 Å². The minimum atomic E-state index is -0.255. The fraction of sp³-hybridized carbons (Fsp3) is 0.833. The van der Waals surface area contributed by atoms with E-state index in [4.69, 9.17) is 14.2 Å². The molecule has 5 saturated carbocycles. The van der Waals surface area contributed by atoms with Gasteiger partial charge in [0.2, 0.25) is 0 Å². The molecule has 1 saturated heterocycles. The van der Waals surface area contributed by atoms with Crippen molar-refractivity contribution in [1.82, 2.24) is 5.32 Å². The van der Waals surface area contributed by atoms with Crippen LogP contribution in [0.5, 0.6) is 5.75 Å². The zero-order valence-electron chi connectivity index (χ0n) is 25.5. The van der Waals surface area contributed by atoms with Crippen molar-refractivity contribution in [3.63, 3.8) is 0 Å². The first-order valence-corrected chi connectivity index (χ1v) is 17.5. The summed E-state index contributed by atoms with van der Waals surface area (Å²) in [6.07, 6.45) is 19.2. The van der Waals surface area contributed by atoms with Crippen molar-refractivity contribution in [3.8, 4) is 5.75 Å². The van der Waals surface area contributed by atoms with Gasteiger partial charge in [-0.05, 0) is 124 Å². The van der Waals surface area contributed by atoms with Gasteiger partial charge >= 0.3 is 0 Å². The van der Waals surface area contributed by atoms with Crippen molar-refractivity contribution >= 4 is 0 Å². The van der Waals surface area contributed by atoms with E-state index in [0.29, 0.717) is 18.0 Å². The van der Waals surface area contributed by atoms with Crippen LogP contribution in [0.3, 0.4) is 0 Å². The molecule has 7 rings (SSSR count). The molecule has 0 aromatic heterocycles. The highest BCUT2D eigenvalue weighted by Gasteiger charge is 2.59. The Morgan fingerprint density at radius 3 is 2.61 bits per heavy atom. The zero-order valence-corrected chi connectivity index (χ0v) is 25.5. The van der Waals surface area contributed by atoms with E-state index in [1.54, 1.807) is 0 Å². The van der Waals surface area contributed by atoms with Gasteiger partial charge in [0.25, 0.3) is 0 Å². The molecule has 5 heteroatoms. The summed E-state index contributed by atoms with van der Waals surface area (Å²) in [5.74, 6) is 4.61. The average Bonchev–Trinajstić information content (AvgIpc) is 3.74. The van der Waals surface area contributed by atoms with Crippen molar-refractivity contribution in [2.24, 2.45) is 35.0 Å². The number of ether oxygens (including phenoxy) is 3. The smallest absolute Gasteiger partial charge is 0.168 e. The number of rotatable bonds is 9. The molecule has 228 valence electrons. The van der Waals surface area contributed by atoms with Crippen LogP contribution < -0.4 is 10.1 Å². The third kappa shape index (κ3) is 5.63. The van der Waals surface area contributed by atoms with Crippen LogP contribution in [0.15, 0.2) is 24.3 Å². The molecular weight excluding hydrogens is 510 g/mol. The van der Waals surface area contributed by atoms with E-state index in [2.05, 4.69) is 36.5 Å². The van der Waals surface area contributed by atoms with Gasteiger partial charge in [0.15, 0.2) is 5.79 Å². The SMILES string of the molecule is CCC(Cc1cccc(OCC[C@]23CCC4C5CCC6(CC5CCC4C2CC[C@@H]3O)OCCO6)c1)NC1CCCC1. The molecule has 0 bridgehead atoms. The maximum Gasteiger partial charge on any atom is 0.168 e. The van der Waals surface area contributed by atoms with Gasteiger partial charge in [0, 0.05) is 30.3 Å². The monoisotopic (exact) mass is 565 g/mol. The second-order valence-electron chi connectivity index (χ2n) is 14.9. The van der Waals surface area contributed by atoms with Crippen LogP contribution in [-0.4, -0.2) is 48.9 Å². The first kappa shape index (κ1) is 28.6. The molecule has 1 aliphatic heterocycles. The summed E-state index contributed by atoms with van der Waals surface area (Å²) in [5, 5.41) is 15.3. The number of benzene rings is 1. The van der Waals surface area contributed by atoms with Gasteiger partial charge < -0.3 is 24.6 Å². The fourth-order valence-corrected chi connectivity index (χ4v) is 11.0. The van der Waals surface area contributed by atoms with E-state index in [0.717, 1.165) is 87.8 Å². The molecule has 8 atom stereocenters. The van der Waals surface area contributed by atoms with Gasteiger partial charge in [-0.25, -0.2) is 0 Å². The maximum atomic E-state index is 11.4. The van der Waals surface area contributed by atoms with Crippen LogP contribution in [0.25, 0.3) is 0 Å². The molecule has 2 N–H and O–H groups in total. The summed E-state index contributed by atoms with van der Waals surface area (Å²) < 4.78 is 18.7. The van der Waals surface area contributed by atoms with E-state index >= 15 is 0 Å². The minimum Gasteiger partial charge on any atom is -0.494 e. The molecule has 6 unspecified atom stereocenters. The fourth-order valence-electron chi connectivity index (χ4n) is 11.0. The van der Waals surface area contributed by atoms with E-state index in [1.165, 1.54) is 69.8 Å². The standard InChI is InChI=1S/C36H55NO4/c1-2-27(37-28-7-3-4-8-28)22-25-6-5-9-29(23-25)39-19-18-35-16-14-31-30-15-17-36(40-20-21-41-36)24-26(30)10-11-32(31)33(35)12-13-34(35)38/h5-6,9,23,26-28,30-34,37-38H,2-4,7-8,10-22,24H2,1H3/t26?,27?,30?,31?,32?,33?,34-,35+/m0/s1. The van der Waals surface area contributed by atoms with Gasteiger partial charge in [-0.15, -0.1) is 0 Å².